The van der Waals surface area contributed by atoms with Crippen molar-refractivity contribution in [2.24, 2.45) is 7.05 Å². The van der Waals surface area contributed by atoms with Gasteiger partial charge < -0.3 is 14.4 Å². The van der Waals surface area contributed by atoms with E-state index in [1.807, 2.05) is 11.6 Å². The van der Waals surface area contributed by atoms with Crippen LogP contribution in [0.25, 0.3) is 0 Å². The van der Waals surface area contributed by atoms with Crippen LogP contribution in [0.4, 0.5) is 5.69 Å². The highest BCUT2D eigenvalue weighted by Gasteiger charge is 2.23. The lowest BCUT2D eigenvalue weighted by Crippen LogP contribution is -2.15. The van der Waals surface area contributed by atoms with Gasteiger partial charge in [-0.1, -0.05) is 12.1 Å². The van der Waals surface area contributed by atoms with Crippen LogP contribution in [0.2, 0.25) is 0 Å². The molecule has 2 aromatic carbocycles. The Balaban J connectivity index is 1.99. The van der Waals surface area contributed by atoms with Crippen LogP contribution in [-0.2, 0) is 17.1 Å². The van der Waals surface area contributed by atoms with Crippen molar-refractivity contribution in [1.82, 2.24) is 9.55 Å². The molecule has 0 aliphatic carbocycles. The third-order valence-corrected chi connectivity index (χ3v) is 6.35. The van der Waals surface area contributed by atoms with Crippen molar-refractivity contribution in [2.75, 3.05) is 11.8 Å². The number of imidazole rings is 1. The van der Waals surface area contributed by atoms with Crippen LogP contribution in [0, 0.1) is 0 Å². The number of aromatic carboxylic acids is 1. The van der Waals surface area contributed by atoms with Crippen LogP contribution in [-0.4, -0.2) is 36.2 Å². The third-order valence-electron chi connectivity index (χ3n) is 3.81. The van der Waals surface area contributed by atoms with E-state index in [1.165, 1.54) is 31.0 Å². The molecule has 0 atom stereocenters. The molecule has 3 aromatic rings. The number of aromatic nitrogens is 2. The molecule has 0 aliphatic rings. The summed E-state index contributed by atoms with van der Waals surface area (Å²) in [5.74, 6) is -1.18. The van der Waals surface area contributed by atoms with E-state index in [0.717, 1.165) is 6.07 Å². The first kappa shape index (κ1) is 19.8. The minimum absolute atomic E-state index is 0.0479. The van der Waals surface area contributed by atoms with Crippen molar-refractivity contribution in [3.8, 4) is 5.75 Å². The van der Waals surface area contributed by atoms with Crippen molar-refractivity contribution < 1.29 is 23.1 Å². The molecule has 0 aliphatic heterocycles. The molecular weight excluding hydrogens is 402 g/mol. The van der Waals surface area contributed by atoms with Crippen LogP contribution in [0.5, 0.6) is 5.75 Å². The van der Waals surface area contributed by atoms with Crippen LogP contribution >= 0.6 is 11.8 Å². The van der Waals surface area contributed by atoms with E-state index in [1.54, 1.807) is 36.7 Å². The number of carbonyl (C=O) groups is 1. The fraction of sp³-hybridized carbons (Fsp3) is 0.111. The number of carboxylic acids is 1. The molecule has 0 amide bonds. The molecule has 8 nitrogen and oxygen atoms in total. The van der Waals surface area contributed by atoms with E-state index in [0.29, 0.717) is 15.7 Å². The molecule has 10 heteroatoms. The monoisotopic (exact) mass is 419 g/mol. The zero-order chi connectivity index (χ0) is 20.3. The van der Waals surface area contributed by atoms with Crippen LogP contribution in [0.3, 0.4) is 0 Å². The van der Waals surface area contributed by atoms with Gasteiger partial charge in [0.05, 0.1) is 18.4 Å². The second-order valence-electron chi connectivity index (χ2n) is 5.70. The van der Waals surface area contributed by atoms with Gasteiger partial charge in [-0.25, -0.2) is 18.2 Å². The molecule has 0 saturated carbocycles. The summed E-state index contributed by atoms with van der Waals surface area (Å²) in [7, 11) is -0.946. The Bertz CT molecular complexity index is 1130. The normalized spacial score (nSPS) is 11.2. The standard InChI is InChI=1S/C18H17N3O5S2/c1-21-10-9-19-18(21)27-15-6-4-3-5-13(15)20-28(24,25)16-11-12(17(22)23)7-8-14(16)26-2/h3-11,20H,1-2H3,(H,22,23). The molecule has 1 heterocycles. The van der Waals surface area contributed by atoms with Gasteiger partial charge in [0.2, 0.25) is 0 Å². The zero-order valence-electron chi connectivity index (χ0n) is 15.0. The van der Waals surface area contributed by atoms with E-state index in [9.17, 15) is 18.3 Å². The fourth-order valence-corrected chi connectivity index (χ4v) is 4.64. The Morgan fingerprint density at radius 3 is 2.64 bits per heavy atom. The van der Waals surface area contributed by atoms with Crippen molar-refractivity contribution in [3.63, 3.8) is 0 Å². The van der Waals surface area contributed by atoms with E-state index < -0.39 is 16.0 Å². The molecule has 0 saturated heterocycles. The Hall–Kier alpha value is -2.98. The summed E-state index contributed by atoms with van der Waals surface area (Å²) in [4.78, 5) is 15.9. The number of carboxylic acid groups (broad SMARTS) is 1. The van der Waals surface area contributed by atoms with E-state index >= 15 is 0 Å². The lowest BCUT2D eigenvalue weighted by molar-refractivity contribution is 0.0696. The minimum Gasteiger partial charge on any atom is -0.495 e. The number of rotatable bonds is 7. The second kappa shape index (κ2) is 7.95. The predicted molar refractivity (Wildman–Crippen MR) is 105 cm³/mol. The number of sulfonamides is 1. The summed E-state index contributed by atoms with van der Waals surface area (Å²) < 4.78 is 35.4. The smallest absolute Gasteiger partial charge is 0.335 e. The molecule has 28 heavy (non-hydrogen) atoms. The summed E-state index contributed by atoms with van der Waals surface area (Å²) in [5.41, 5.74) is 0.190. The quantitative estimate of drug-likeness (QED) is 0.605. The summed E-state index contributed by atoms with van der Waals surface area (Å²) in [6.07, 6.45) is 3.44. The number of hydrogen-bond donors (Lipinski definition) is 2. The Morgan fingerprint density at radius 2 is 2.00 bits per heavy atom. The van der Waals surface area contributed by atoms with Crippen molar-refractivity contribution in [3.05, 3.63) is 60.4 Å². The van der Waals surface area contributed by atoms with Crippen molar-refractivity contribution in [1.29, 1.82) is 0 Å². The second-order valence-corrected chi connectivity index (χ2v) is 8.36. The number of benzene rings is 2. The summed E-state index contributed by atoms with van der Waals surface area (Å²) in [6.45, 7) is 0. The SMILES string of the molecule is COc1ccc(C(=O)O)cc1S(=O)(=O)Nc1ccccc1Sc1nccn1C. The molecule has 3 rings (SSSR count). The molecule has 0 fully saturated rings. The topological polar surface area (TPSA) is 111 Å². The maximum Gasteiger partial charge on any atom is 0.335 e. The number of hydrogen-bond acceptors (Lipinski definition) is 6. The number of ether oxygens (including phenoxy) is 1. The highest BCUT2D eigenvalue weighted by molar-refractivity contribution is 7.99. The van der Waals surface area contributed by atoms with E-state index in [2.05, 4.69) is 9.71 Å². The number of aryl methyl sites for hydroxylation is 1. The highest BCUT2D eigenvalue weighted by atomic mass is 32.2. The number of nitrogens with one attached hydrogen (secondary N) is 1. The number of methoxy groups -OCH3 is 1. The van der Waals surface area contributed by atoms with Gasteiger partial charge in [-0.3, -0.25) is 4.72 Å². The zero-order valence-corrected chi connectivity index (χ0v) is 16.6. The van der Waals surface area contributed by atoms with Gasteiger partial charge in [0.1, 0.15) is 10.6 Å². The molecule has 1 aromatic heterocycles. The molecule has 146 valence electrons. The number of nitrogens with zero attached hydrogens (tertiary/aromatic N) is 2. The van der Waals surface area contributed by atoms with Gasteiger partial charge in [-0.15, -0.1) is 0 Å². The van der Waals surface area contributed by atoms with Gasteiger partial charge in [0.25, 0.3) is 10.0 Å². The first-order valence-corrected chi connectivity index (χ1v) is 10.3. The predicted octanol–water partition coefficient (Wildman–Crippen LogP) is 3.08. The highest BCUT2D eigenvalue weighted by Crippen LogP contribution is 2.34. The average molecular weight is 419 g/mol. The largest absolute Gasteiger partial charge is 0.495 e. The lowest BCUT2D eigenvalue weighted by Gasteiger charge is -2.14. The van der Waals surface area contributed by atoms with Crippen LogP contribution in [0.15, 0.2) is 69.8 Å². The maximum absolute atomic E-state index is 13.0. The van der Waals surface area contributed by atoms with Crippen molar-refractivity contribution in [2.45, 2.75) is 14.9 Å². The number of para-hydroxylation sites is 1. The fourth-order valence-electron chi connectivity index (χ4n) is 2.41. The Morgan fingerprint density at radius 1 is 1.25 bits per heavy atom. The average Bonchev–Trinajstić information content (AvgIpc) is 3.07. The van der Waals surface area contributed by atoms with Gasteiger partial charge in [-0.05, 0) is 42.1 Å². The third kappa shape index (κ3) is 4.12. The molecule has 0 unspecified atom stereocenters. The maximum atomic E-state index is 13.0. The number of anilines is 1. The summed E-state index contributed by atoms with van der Waals surface area (Å²) in [6, 6.07) is 10.5. The lowest BCUT2D eigenvalue weighted by atomic mass is 10.2. The van der Waals surface area contributed by atoms with Crippen LogP contribution < -0.4 is 9.46 Å². The first-order valence-electron chi connectivity index (χ1n) is 8.00. The van der Waals surface area contributed by atoms with Gasteiger partial charge in [0.15, 0.2) is 5.16 Å². The molecule has 0 bridgehead atoms. The summed E-state index contributed by atoms with van der Waals surface area (Å²) in [5, 5.41) is 9.87. The molecule has 0 radical (unpaired) electrons. The Labute approximate surface area is 166 Å². The Kier molecular flexibility index (Phi) is 5.61. The van der Waals surface area contributed by atoms with E-state index in [-0.39, 0.29) is 16.2 Å². The van der Waals surface area contributed by atoms with Gasteiger partial charge in [-0.2, -0.15) is 0 Å². The van der Waals surface area contributed by atoms with Crippen LogP contribution in [0.1, 0.15) is 10.4 Å². The van der Waals surface area contributed by atoms with Gasteiger partial charge in [0, 0.05) is 24.3 Å². The van der Waals surface area contributed by atoms with Crippen molar-refractivity contribution >= 4 is 33.4 Å². The summed E-state index contributed by atoms with van der Waals surface area (Å²) >= 11 is 1.30. The van der Waals surface area contributed by atoms with Gasteiger partial charge >= 0.3 is 5.97 Å². The molecule has 0 spiro atoms. The first-order chi connectivity index (χ1) is 13.3. The molecular formula is C18H17N3O5S2. The minimum atomic E-state index is -4.10. The van der Waals surface area contributed by atoms with E-state index in [4.69, 9.17) is 4.74 Å². The molecule has 2 N–H and O–H groups in total.